The fraction of sp³-hybridized carbons (Fsp3) is 0. The Morgan fingerprint density at radius 2 is 2.10 bits per heavy atom. The van der Waals surface area contributed by atoms with Crippen LogP contribution in [0.2, 0.25) is 5.02 Å². The molecule has 0 unspecified atom stereocenters. The number of H-pyrrole nitrogens is 1. The molecular formula is C12H8ClN5OS. The molecular weight excluding hydrogens is 298 g/mol. The molecule has 6 nitrogen and oxygen atoms in total. The lowest BCUT2D eigenvalue weighted by atomic mass is 10.2. The first-order valence-corrected chi connectivity index (χ1v) is 6.86. The third-order valence-electron chi connectivity index (χ3n) is 2.47. The van der Waals surface area contributed by atoms with Gasteiger partial charge in [-0.05, 0) is 12.1 Å². The highest BCUT2D eigenvalue weighted by Crippen LogP contribution is 2.25. The van der Waals surface area contributed by atoms with Crippen LogP contribution in [0.3, 0.4) is 0 Å². The van der Waals surface area contributed by atoms with Gasteiger partial charge in [0.1, 0.15) is 17.0 Å². The zero-order valence-corrected chi connectivity index (χ0v) is 11.6. The van der Waals surface area contributed by atoms with Crippen molar-refractivity contribution >= 4 is 34.8 Å². The van der Waals surface area contributed by atoms with E-state index in [-0.39, 0.29) is 11.9 Å². The number of amides is 1. The Balaban J connectivity index is 1.79. The molecule has 2 aromatic heterocycles. The molecule has 0 radical (unpaired) electrons. The number of nitrogens with one attached hydrogen (secondary N) is 2. The lowest BCUT2D eigenvalue weighted by Crippen LogP contribution is -2.13. The quantitative estimate of drug-likeness (QED) is 0.779. The average molecular weight is 306 g/mol. The Bertz CT molecular complexity index is 723. The summed E-state index contributed by atoms with van der Waals surface area (Å²) in [6.45, 7) is 0. The number of carbonyl (C=O) groups excluding carboxylic acids is 1. The van der Waals surface area contributed by atoms with Crippen molar-refractivity contribution in [3.05, 3.63) is 46.7 Å². The van der Waals surface area contributed by atoms with Gasteiger partial charge in [-0.2, -0.15) is 10.1 Å². The summed E-state index contributed by atoms with van der Waals surface area (Å²) >= 11 is 7.23. The van der Waals surface area contributed by atoms with E-state index in [1.807, 2.05) is 12.1 Å². The minimum Gasteiger partial charge on any atom is -0.289 e. The van der Waals surface area contributed by atoms with Crippen LogP contribution in [0.1, 0.15) is 10.5 Å². The predicted molar refractivity (Wildman–Crippen MR) is 76.9 cm³/mol. The van der Waals surface area contributed by atoms with Crippen molar-refractivity contribution in [1.29, 1.82) is 0 Å². The molecule has 0 atom stereocenters. The van der Waals surface area contributed by atoms with Crippen molar-refractivity contribution in [1.82, 2.24) is 20.2 Å². The summed E-state index contributed by atoms with van der Waals surface area (Å²) in [6.07, 6.45) is 1.32. The van der Waals surface area contributed by atoms with E-state index in [9.17, 15) is 4.79 Å². The molecule has 0 aliphatic rings. The van der Waals surface area contributed by atoms with E-state index < -0.39 is 0 Å². The van der Waals surface area contributed by atoms with Crippen LogP contribution in [0.25, 0.3) is 10.6 Å². The van der Waals surface area contributed by atoms with E-state index in [4.69, 9.17) is 11.6 Å². The Hall–Kier alpha value is -2.25. The molecule has 0 saturated heterocycles. The number of hydrogen-bond acceptors (Lipinski definition) is 5. The molecule has 100 valence electrons. The van der Waals surface area contributed by atoms with E-state index in [2.05, 4.69) is 25.5 Å². The highest BCUT2D eigenvalue weighted by Gasteiger charge is 2.13. The maximum Gasteiger partial charge on any atom is 0.277 e. The monoisotopic (exact) mass is 305 g/mol. The molecule has 3 aromatic rings. The SMILES string of the molecule is O=C(Nc1ncn[nH]1)c1csc(-c2ccc(Cl)cc2)n1. The number of rotatable bonds is 3. The van der Waals surface area contributed by atoms with E-state index in [0.717, 1.165) is 10.6 Å². The van der Waals surface area contributed by atoms with Gasteiger partial charge < -0.3 is 0 Å². The van der Waals surface area contributed by atoms with Gasteiger partial charge in [0.05, 0.1) is 0 Å². The second-order valence-corrected chi connectivity index (χ2v) is 5.13. The second kappa shape index (κ2) is 5.40. The van der Waals surface area contributed by atoms with Crippen LogP contribution >= 0.6 is 22.9 Å². The third-order valence-corrected chi connectivity index (χ3v) is 3.62. The summed E-state index contributed by atoms with van der Waals surface area (Å²) in [5.74, 6) is -0.0470. The molecule has 2 heterocycles. The van der Waals surface area contributed by atoms with Crippen molar-refractivity contribution in [2.45, 2.75) is 0 Å². The first kappa shape index (κ1) is 12.8. The molecule has 0 aliphatic carbocycles. The molecule has 2 N–H and O–H groups in total. The summed E-state index contributed by atoms with van der Waals surface area (Å²) in [5.41, 5.74) is 1.24. The van der Waals surface area contributed by atoms with Crippen LogP contribution in [0.15, 0.2) is 36.0 Å². The first-order valence-electron chi connectivity index (χ1n) is 5.60. The maximum atomic E-state index is 11.9. The van der Waals surface area contributed by atoms with Crippen LogP contribution in [-0.4, -0.2) is 26.1 Å². The summed E-state index contributed by atoms with van der Waals surface area (Å²) in [4.78, 5) is 20.0. The van der Waals surface area contributed by atoms with Crippen LogP contribution in [0.5, 0.6) is 0 Å². The zero-order chi connectivity index (χ0) is 13.9. The van der Waals surface area contributed by atoms with Gasteiger partial charge in [-0.1, -0.05) is 23.7 Å². The van der Waals surface area contributed by atoms with E-state index in [1.54, 1.807) is 17.5 Å². The van der Waals surface area contributed by atoms with Gasteiger partial charge in [-0.15, -0.1) is 11.3 Å². The third kappa shape index (κ3) is 2.68. The number of thiazole rings is 1. The summed E-state index contributed by atoms with van der Waals surface area (Å²) in [6, 6.07) is 7.29. The molecule has 3 rings (SSSR count). The fourth-order valence-corrected chi connectivity index (χ4v) is 2.47. The van der Waals surface area contributed by atoms with Gasteiger partial charge in [0, 0.05) is 16.0 Å². The smallest absolute Gasteiger partial charge is 0.277 e. The average Bonchev–Trinajstić information content (AvgIpc) is 3.10. The molecule has 0 bridgehead atoms. The van der Waals surface area contributed by atoms with Gasteiger partial charge in [0.15, 0.2) is 0 Å². The van der Waals surface area contributed by atoms with Gasteiger partial charge >= 0.3 is 0 Å². The largest absolute Gasteiger partial charge is 0.289 e. The highest BCUT2D eigenvalue weighted by atomic mass is 35.5. The molecule has 20 heavy (non-hydrogen) atoms. The van der Waals surface area contributed by atoms with Crippen LogP contribution < -0.4 is 5.32 Å². The van der Waals surface area contributed by atoms with Crippen molar-refractivity contribution in [2.24, 2.45) is 0 Å². The topological polar surface area (TPSA) is 83.6 Å². The number of anilines is 1. The van der Waals surface area contributed by atoms with Gasteiger partial charge in [-0.25, -0.2) is 10.1 Å². The Labute approximate surface area is 122 Å². The highest BCUT2D eigenvalue weighted by molar-refractivity contribution is 7.13. The summed E-state index contributed by atoms with van der Waals surface area (Å²) < 4.78 is 0. The summed E-state index contributed by atoms with van der Waals surface area (Å²) in [7, 11) is 0. The number of carbonyl (C=O) groups is 1. The predicted octanol–water partition coefficient (Wildman–Crippen LogP) is 2.83. The zero-order valence-electron chi connectivity index (χ0n) is 10.0. The van der Waals surface area contributed by atoms with Crippen molar-refractivity contribution in [3.8, 4) is 10.6 Å². The summed E-state index contributed by atoms with van der Waals surface area (Å²) in [5, 5.41) is 11.9. The Morgan fingerprint density at radius 1 is 1.30 bits per heavy atom. The van der Waals surface area contributed by atoms with E-state index >= 15 is 0 Å². The number of aromatic amines is 1. The van der Waals surface area contributed by atoms with Crippen molar-refractivity contribution < 1.29 is 4.79 Å². The van der Waals surface area contributed by atoms with Crippen molar-refractivity contribution in [2.75, 3.05) is 5.32 Å². The number of halogens is 1. The maximum absolute atomic E-state index is 11.9. The molecule has 0 fully saturated rings. The Morgan fingerprint density at radius 3 is 2.80 bits per heavy atom. The van der Waals surface area contributed by atoms with Gasteiger partial charge in [0.2, 0.25) is 5.95 Å². The molecule has 0 aliphatic heterocycles. The molecule has 1 aromatic carbocycles. The van der Waals surface area contributed by atoms with Gasteiger partial charge in [-0.3, -0.25) is 10.1 Å². The molecule has 8 heteroatoms. The first-order chi connectivity index (χ1) is 9.72. The minimum absolute atomic E-state index is 0.288. The second-order valence-electron chi connectivity index (χ2n) is 3.83. The number of aromatic nitrogens is 4. The minimum atomic E-state index is -0.335. The van der Waals surface area contributed by atoms with Crippen LogP contribution in [-0.2, 0) is 0 Å². The van der Waals surface area contributed by atoms with Crippen molar-refractivity contribution in [3.63, 3.8) is 0 Å². The Kier molecular flexibility index (Phi) is 3.44. The molecule has 0 spiro atoms. The lowest BCUT2D eigenvalue weighted by Gasteiger charge is -1.97. The van der Waals surface area contributed by atoms with E-state index in [1.165, 1.54) is 17.7 Å². The van der Waals surface area contributed by atoms with Crippen LogP contribution in [0.4, 0.5) is 5.95 Å². The van der Waals surface area contributed by atoms with Gasteiger partial charge in [0.25, 0.3) is 5.91 Å². The standard InChI is InChI=1S/C12H8ClN5OS/c13-8-3-1-7(2-4-8)11-16-9(5-20-11)10(19)17-12-14-6-15-18-12/h1-6H,(H2,14,15,17,18,19). The molecule has 0 saturated carbocycles. The number of nitrogens with zero attached hydrogens (tertiary/aromatic N) is 3. The number of hydrogen-bond donors (Lipinski definition) is 2. The van der Waals surface area contributed by atoms with Crippen LogP contribution in [0, 0.1) is 0 Å². The fourth-order valence-electron chi connectivity index (χ4n) is 1.54. The molecule has 1 amide bonds. The lowest BCUT2D eigenvalue weighted by molar-refractivity contribution is 0.102. The normalized spacial score (nSPS) is 10.4. The van der Waals surface area contributed by atoms with E-state index in [0.29, 0.717) is 10.7 Å². The number of benzene rings is 1.